The Kier molecular flexibility index (Phi) is 5.01. The molecule has 11 heavy (non-hydrogen) atoms. The Hall–Kier alpha value is -0.460. The molecule has 5 heteroatoms. The van der Waals surface area contributed by atoms with Gasteiger partial charge in [-0.1, -0.05) is 23.2 Å². The van der Waals surface area contributed by atoms with Crippen molar-refractivity contribution in [1.29, 1.82) is 5.26 Å². The number of hydrogen-bond donors (Lipinski definition) is 0. The molecule has 0 aromatic heterocycles. The highest BCUT2D eigenvalue weighted by atomic mass is 35.5. The summed E-state index contributed by atoms with van der Waals surface area (Å²) in [6.07, 6.45) is 0.294. The summed E-state index contributed by atoms with van der Waals surface area (Å²) in [5.74, 6) is -0.372. The Morgan fingerprint density at radius 2 is 2.27 bits per heavy atom. The Labute approximate surface area is 75.5 Å². The molecule has 0 atom stereocenters. The van der Waals surface area contributed by atoms with Gasteiger partial charge in [0.1, 0.15) is 0 Å². The van der Waals surface area contributed by atoms with E-state index < -0.39 is 4.84 Å². The standard InChI is InChI=1S/C6H8Cl2N2O/c1-10(4-2-3-9)6(11)5(7)8/h5H,2,4H2,1H3. The van der Waals surface area contributed by atoms with Gasteiger partial charge in [0.05, 0.1) is 12.5 Å². The van der Waals surface area contributed by atoms with Crippen molar-refractivity contribution in [2.24, 2.45) is 0 Å². The molecule has 0 saturated carbocycles. The highest BCUT2D eigenvalue weighted by Crippen LogP contribution is 2.05. The number of alkyl halides is 2. The molecule has 62 valence electrons. The number of halogens is 2. The van der Waals surface area contributed by atoms with E-state index in [4.69, 9.17) is 28.5 Å². The molecule has 3 nitrogen and oxygen atoms in total. The predicted octanol–water partition coefficient (Wildman–Crippen LogP) is 1.16. The SMILES string of the molecule is CN(CCC#N)C(=O)C(Cl)Cl. The number of nitrogens with zero attached hydrogens (tertiary/aromatic N) is 2. The second-order valence-electron chi connectivity index (χ2n) is 1.97. The molecule has 1 amide bonds. The van der Waals surface area contributed by atoms with Crippen LogP contribution in [0.4, 0.5) is 0 Å². The summed E-state index contributed by atoms with van der Waals surface area (Å²) in [7, 11) is 1.55. The fourth-order valence-corrected chi connectivity index (χ4v) is 0.828. The maximum atomic E-state index is 10.9. The van der Waals surface area contributed by atoms with Crippen molar-refractivity contribution in [1.82, 2.24) is 4.90 Å². The van der Waals surface area contributed by atoms with E-state index in [2.05, 4.69) is 0 Å². The van der Waals surface area contributed by atoms with Gasteiger partial charge in [0.2, 0.25) is 0 Å². The first-order valence-corrected chi connectivity index (χ1v) is 3.87. The van der Waals surface area contributed by atoms with Crippen LogP contribution in [0.5, 0.6) is 0 Å². The van der Waals surface area contributed by atoms with Gasteiger partial charge >= 0.3 is 0 Å². The molecule has 0 rings (SSSR count). The number of amides is 1. The molecule has 0 bridgehead atoms. The monoisotopic (exact) mass is 194 g/mol. The summed E-state index contributed by atoms with van der Waals surface area (Å²) in [6.45, 7) is 0.366. The first-order chi connectivity index (χ1) is 5.09. The molecule has 0 aromatic carbocycles. The third kappa shape index (κ3) is 4.07. The van der Waals surface area contributed by atoms with E-state index in [-0.39, 0.29) is 5.91 Å². The fraction of sp³-hybridized carbons (Fsp3) is 0.667. The van der Waals surface area contributed by atoms with Gasteiger partial charge < -0.3 is 4.90 Å². The Morgan fingerprint density at radius 3 is 2.64 bits per heavy atom. The van der Waals surface area contributed by atoms with Crippen molar-refractivity contribution in [2.45, 2.75) is 11.3 Å². The molecule has 0 N–H and O–H groups in total. The van der Waals surface area contributed by atoms with E-state index in [0.717, 1.165) is 0 Å². The molecular weight excluding hydrogens is 187 g/mol. The first kappa shape index (κ1) is 10.5. The quantitative estimate of drug-likeness (QED) is 0.634. The zero-order chi connectivity index (χ0) is 8.85. The van der Waals surface area contributed by atoms with Gasteiger partial charge in [0, 0.05) is 13.6 Å². The average molecular weight is 195 g/mol. The van der Waals surface area contributed by atoms with Crippen molar-refractivity contribution >= 4 is 29.1 Å². The van der Waals surface area contributed by atoms with Crippen LogP contribution in [0, 0.1) is 11.3 Å². The average Bonchev–Trinajstić information content (AvgIpc) is 1.98. The van der Waals surface area contributed by atoms with Crippen molar-refractivity contribution in [3.05, 3.63) is 0 Å². The summed E-state index contributed by atoms with van der Waals surface area (Å²) in [6, 6.07) is 1.91. The lowest BCUT2D eigenvalue weighted by Crippen LogP contribution is -2.31. The number of nitriles is 1. The Bertz CT molecular complexity index is 176. The zero-order valence-electron chi connectivity index (χ0n) is 6.05. The molecule has 0 saturated heterocycles. The molecule has 0 aliphatic rings. The van der Waals surface area contributed by atoms with E-state index in [9.17, 15) is 4.79 Å². The van der Waals surface area contributed by atoms with E-state index in [1.165, 1.54) is 4.90 Å². The lowest BCUT2D eigenvalue weighted by atomic mass is 10.4. The van der Waals surface area contributed by atoms with E-state index >= 15 is 0 Å². The van der Waals surface area contributed by atoms with Gasteiger partial charge in [-0.15, -0.1) is 0 Å². The smallest absolute Gasteiger partial charge is 0.255 e. The van der Waals surface area contributed by atoms with Crippen LogP contribution in [0.3, 0.4) is 0 Å². The van der Waals surface area contributed by atoms with Crippen LogP contribution >= 0.6 is 23.2 Å². The molecule has 0 unspecified atom stereocenters. The molecule has 0 radical (unpaired) electrons. The van der Waals surface area contributed by atoms with Crippen LogP contribution < -0.4 is 0 Å². The van der Waals surface area contributed by atoms with Gasteiger partial charge in [-0.2, -0.15) is 5.26 Å². The van der Waals surface area contributed by atoms with Crippen LogP contribution in [0.1, 0.15) is 6.42 Å². The highest BCUT2D eigenvalue weighted by molar-refractivity contribution is 6.53. The van der Waals surface area contributed by atoms with E-state index in [1.54, 1.807) is 7.05 Å². The fourth-order valence-electron chi connectivity index (χ4n) is 0.494. The number of carbonyl (C=O) groups excluding carboxylic acids is 1. The van der Waals surface area contributed by atoms with Crippen molar-refractivity contribution in [3.63, 3.8) is 0 Å². The maximum Gasteiger partial charge on any atom is 0.255 e. The minimum Gasteiger partial charge on any atom is -0.342 e. The molecule has 0 fully saturated rings. The van der Waals surface area contributed by atoms with Gasteiger partial charge in [0.15, 0.2) is 4.84 Å². The van der Waals surface area contributed by atoms with Gasteiger partial charge in [-0.25, -0.2) is 0 Å². The predicted molar refractivity (Wildman–Crippen MR) is 43.4 cm³/mol. The summed E-state index contributed by atoms with van der Waals surface area (Å²) in [4.78, 5) is 11.2. The summed E-state index contributed by atoms with van der Waals surface area (Å²) < 4.78 is 0. The van der Waals surface area contributed by atoms with Gasteiger partial charge in [0.25, 0.3) is 5.91 Å². The largest absolute Gasteiger partial charge is 0.342 e. The van der Waals surface area contributed by atoms with Crippen LogP contribution in [0.2, 0.25) is 0 Å². The van der Waals surface area contributed by atoms with Crippen molar-refractivity contribution in [2.75, 3.05) is 13.6 Å². The minimum atomic E-state index is -1.03. The summed E-state index contributed by atoms with van der Waals surface area (Å²) in [5.41, 5.74) is 0. The molecule has 0 spiro atoms. The second kappa shape index (κ2) is 5.22. The Balaban J connectivity index is 3.75. The lowest BCUT2D eigenvalue weighted by molar-refractivity contribution is -0.127. The lowest BCUT2D eigenvalue weighted by Gasteiger charge is -2.15. The molecular formula is C6H8Cl2N2O. The minimum absolute atomic E-state index is 0.294. The molecule has 0 aromatic rings. The van der Waals surface area contributed by atoms with E-state index in [1.807, 2.05) is 6.07 Å². The molecule has 0 heterocycles. The Morgan fingerprint density at radius 1 is 1.73 bits per heavy atom. The first-order valence-electron chi connectivity index (χ1n) is 2.99. The topological polar surface area (TPSA) is 44.1 Å². The molecule has 0 aliphatic carbocycles. The van der Waals surface area contributed by atoms with Crippen molar-refractivity contribution in [3.8, 4) is 6.07 Å². The summed E-state index contributed by atoms with van der Waals surface area (Å²) >= 11 is 10.6. The normalized spacial score (nSPS) is 9.36. The second-order valence-corrected chi connectivity index (χ2v) is 3.06. The van der Waals surface area contributed by atoms with Crippen LogP contribution in [0.15, 0.2) is 0 Å². The van der Waals surface area contributed by atoms with Crippen LogP contribution in [0.25, 0.3) is 0 Å². The number of carbonyl (C=O) groups is 1. The van der Waals surface area contributed by atoms with E-state index in [0.29, 0.717) is 13.0 Å². The van der Waals surface area contributed by atoms with Crippen molar-refractivity contribution < 1.29 is 4.79 Å². The third-order valence-corrected chi connectivity index (χ3v) is 1.50. The molecule has 0 aliphatic heterocycles. The maximum absolute atomic E-state index is 10.9. The number of hydrogen-bond acceptors (Lipinski definition) is 2. The van der Waals surface area contributed by atoms with Gasteiger partial charge in [-0.05, 0) is 0 Å². The van der Waals surface area contributed by atoms with Crippen LogP contribution in [-0.2, 0) is 4.79 Å². The van der Waals surface area contributed by atoms with Crippen LogP contribution in [-0.4, -0.2) is 29.2 Å². The summed E-state index contributed by atoms with van der Waals surface area (Å²) in [5, 5.41) is 8.18. The zero-order valence-corrected chi connectivity index (χ0v) is 7.56. The highest BCUT2D eigenvalue weighted by Gasteiger charge is 2.15. The van der Waals surface area contributed by atoms with Gasteiger partial charge in [-0.3, -0.25) is 4.79 Å². The number of rotatable bonds is 3. The third-order valence-electron chi connectivity index (χ3n) is 1.12.